The van der Waals surface area contributed by atoms with E-state index in [1.807, 2.05) is 13.8 Å². The van der Waals surface area contributed by atoms with Gasteiger partial charge in [-0.3, -0.25) is 9.89 Å². The van der Waals surface area contributed by atoms with Crippen molar-refractivity contribution in [3.63, 3.8) is 0 Å². The number of carbonyl (C=O) groups is 1. The number of aryl methyl sites for hydroxylation is 1. The highest BCUT2D eigenvalue weighted by atomic mass is 19.1. The van der Waals surface area contributed by atoms with Crippen LogP contribution in [0, 0.1) is 12.7 Å². The molecule has 0 fully saturated rings. The van der Waals surface area contributed by atoms with Crippen molar-refractivity contribution in [2.75, 3.05) is 0 Å². The Morgan fingerprint density at radius 2 is 2.05 bits per heavy atom. The Hall–Kier alpha value is -2.24. The number of H-pyrrole nitrogens is 1. The first-order chi connectivity index (χ1) is 9.88. The van der Waals surface area contributed by atoms with Crippen molar-refractivity contribution in [2.45, 2.75) is 39.7 Å². The topological polar surface area (TPSA) is 70.7 Å². The molecule has 21 heavy (non-hydrogen) atoms. The molecule has 1 aromatic heterocycles. The van der Waals surface area contributed by atoms with Crippen LogP contribution in [-0.4, -0.2) is 21.1 Å². The van der Waals surface area contributed by atoms with E-state index in [-0.39, 0.29) is 29.5 Å². The minimum absolute atomic E-state index is 0.0955. The Kier molecular flexibility index (Phi) is 4.35. The average Bonchev–Trinajstić information content (AvgIpc) is 2.91. The molecule has 0 aliphatic heterocycles. The summed E-state index contributed by atoms with van der Waals surface area (Å²) in [5, 5.41) is 9.39. The van der Waals surface area contributed by atoms with E-state index in [1.54, 1.807) is 26.0 Å². The smallest absolute Gasteiger partial charge is 0.291 e. The number of amides is 1. The Labute approximate surface area is 123 Å². The monoisotopic (exact) mass is 290 g/mol. The number of hydrogen-bond acceptors (Lipinski definition) is 3. The van der Waals surface area contributed by atoms with Gasteiger partial charge in [-0.05, 0) is 31.0 Å². The van der Waals surface area contributed by atoms with Crippen LogP contribution in [0.3, 0.4) is 0 Å². The van der Waals surface area contributed by atoms with Gasteiger partial charge in [-0.2, -0.15) is 0 Å². The van der Waals surface area contributed by atoms with Gasteiger partial charge in [0.05, 0.1) is 6.04 Å². The first kappa shape index (κ1) is 15.2. The van der Waals surface area contributed by atoms with Gasteiger partial charge in [0.2, 0.25) is 5.82 Å². The maximum absolute atomic E-state index is 13.5. The van der Waals surface area contributed by atoms with Gasteiger partial charge in [-0.15, -0.1) is 5.10 Å². The molecule has 6 heteroatoms. The van der Waals surface area contributed by atoms with E-state index in [1.165, 1.54) is 6.07 Å². The van der Waals surface area contributed by atoms with E-state index >= 15 is 0 Å². The second-order valence-corrected chi connectivity index (χ2v) is 5.40. The molecular formula is C15H19FN4O. The molecule has 0 aliphatic carbocycles. The lowest BCUT2D eigenvalue weighted by molar-refractivity contribution is 0.0929. The van der Waals surface area contributed by atoms with Crippen molar-refractivity contribution >= 4 is 5.91 Å². The van der Waals surface area contributed by atoms with E-state index in [9.17, 15) is 9.18 Å². The molecule has 1 amide bonds. The molecule has 0 spiro atoms. The Bertz CT molecular complexity index is 651. The molecule has 1 aromatic carbocycles. The molecule has 0 bridgehead atoms. The van der Waals surface area contributed by atoms with E-state index in [0.29, 0.717) is 17.0 Å². The summed E-state index contributed by atoms with van der Waals surface area (Å²) in [6.07, 6.45) is 0. The molecule has 0 radical (unpaired) electrons. The van der Waals surface area contributed by atoms with Crippen molar-refractivity contribution < 1.29 is 9.18 Å². The lowest BCUT2D eigenvalue weighted by Crippen LogP contribution is -2.27. The molecule has 2 N–H and O–H groups in total. The van der Waals surface area contributed by atoms with Crippen molar-refractivity contribution in [1.29, 1.82) is 0 Å². The molecule has 2 rings (SSSR count). The SMILES string of the molecule is Cc1ccc(C(C)NC(=O)c2n[nH]c(C(C)C)n2)cc1F. The number of benzene rings is 1. The quantitative estimate of drug-likeness (QED) is 0.909. The number of nitrogens with one attached hydrogen (secondary N) is 2. The van der Waals surface area contributed by atoms with Gasteiger partial charge >= 0.3 is 0 Å². The second-order valence-electron chi connectivity index (χ2n) is 5.40. The first-order valence-corrected chi connectivity index (χ1v) is 6.87. The van der Waals surface area contributed by atoms with Crippen LogP contribution in [0.25, 0.3) is 0 Å². The Balaban J connectivity index is 2.08. The van der Waals surface area contributed by atoms with Gasteiger partial charge in [-0.1, -0.05) is 26.0 Å². The Morgan fingerprint density at radius 1 is 1.33 bits per heavy atom. The van der Waals surface area contributed by atoms with Gasteiger partial charge in [0.25, 0.3) is 5.91 Å². The standard InChI is InChI=1S/C15H19FN4O/c1-8(2)13-18-14(20-19-13)15(21)17-10(4)11-6-5-9(3)12(16)7-11/h5-8,10H,1-4H3,(H,17,21)(H,18,19,20). The molecule has 1 unspecified atom stereocenters. The first-order valence-electron chi connectivity index (χ1n) is 6.87. The third kappa shape index (κ3) is 3.45. The fourth-order valence-corrected chi connectivity index (χ4v) is 1.86. The molecular weight excluding hydrogens is 271 g/mol. The average molecular weight is 290 g/mol. The minimum atomic E-state index is -0.383. The number of nitrogens with zero attached hydrogens (tertiary/aromatic N) is 2. The second kappa shape index (κ2) is 6.03. The number of hydrogen-bond donors (Lipinski definition) is 2. The van der Waals surface area contributed by atoms with Crippen LogP contribution in [-0.2, 0) is 0 Å². The van der Waals surface area contributed by atoms with Gasteiger partial charge in [-0.25, -0.2) is 9.37 Å². The zero-order valence-electron chi connectivity index (χ0n) is 12.6. The largest absolute Gasteiger partial charge is 0.343 e. The van der Waals surface area contributed by atoms with Crippen molar-refractivity contribution in [2.24, 2.45) is 0 Å². The highest BCUT2D eigenvalue weighted by Gasteiger charge is 2.17. The van der Waals surface area contributed by atoms with Crippen LogP contribution in [0.15, 0.2) is 18.2 Å². The molecule has 0 aliphatic rings. The lowest BCUT2D eigenvalue weighted by atomic mass is 10.1. The maximum Gasteiger partial charge on any atom is 0.291 e. The summed E-state index contributed by atoms with van der Waals surface area (Å²) >= 11 is 0. The molecule has 2 aromatic rings. The predicted octanol–water partition coefficient (Wildman–Crippen LogP) is 2.87. The van der Waals surface area contributed by atoms with Gasteiger partial charge in [0, 0.05) is 5.92 Å². The summed E-state index contributed by atoms with van der Waals surface area (Å²) < 4.78 is 13.5. The minimum Gasteiger partial charge on any atom is -0.343 e. The number of halogens is 1. The maximum atomic E-state index is 13.5. The molecule has 0 saturated carbocycles. The molecule has 1 heterocycles. The molecule has 112 valence electrons. The predicted molar refractivity (Wildman–Crippen MR) is 77.5 cm³/mol. The van der Waals surface area contributed by atoms with Crippen LogP contribution in [0.5, 0.6) is 0 Å². The highest BCUT2D eigenvalue weighted by Crippen LogP contribution is 2.16. The molecule has 1 atom stereocenters. The lowest BCUT2D eigenvalue weighted by Gasteiger charge is -2.13. The zero-order chi connectivity index (χ0) is 15.6. The summed E-state index contributed by atoms with van der Waals surface area (Å²) in [6, 6.07) is 4.59. The van der Waals surface area contributed by atoms with Gasteiger partial charge in [0.1, 0.15) is 11.6 Å². The number of rotatable bonds is 4. The van der Waals surface area contributed by atoms with Crippen LogP contribution >= 0.6 is 0 Å². The van der Waals surface area contributed by atoms with Crippen molar-refractivity contribution in [3.8, 4) is 0 Å². The summed E-state index contributed by atoms with van der Waals surface area (Å²) in [6.45, 7) is 7.40. The summed E-state index contributed by atoms with van der Waals surface area (Å²) in [5.41, 5.74) is 1.28. The van der Waals surface area contributed by atoms with E-state index in [2.05, 4.69) is 20.5 Å². The van der Waals surface area contributed by atoms with Crippen LogP contribution < -0.4 is 5.32 Å². The fourth-order valence-electron chi connectivity index (χ4n) is 1.86. The van der Waals surface area contributed by atoms with E-state index in [4.69, 9.17) is 0 Å². The normalized spacial score (nSPS) is 12.5. The van der Waals surface area contributed by atoms with E-state index < -0.39 is 0 Å². The van der Waals surface area contributed by atoms with Gasteiger partial charge in [0.15, 0.2) is 0 Å². The fraction of sp³-hybridized carbons (Fsp3) is 0.400. The number of aromatic amines is 1. The highest BCUT2D eigenvalue weighted by molar-refractivity contribution is 5.90. The van der Waals surface area contributed by atoms with Crippen molar-refractivity contribution in [1.82, 2.24) is 20.5 Å². The van der Waals surface area contributed by atoms with Crippen LogP contribution in [0.4, 0.5) is 4.39 Å². The summed E-state index contributed by atoms with van der Waals surface area (Å²) in [4.78, 5) is 16.2. The van der Waals surface area contributed by atoms with Gasteiger partial charge < -0.3 is 5.32 Å². The van der Waals surface area contributed by atoms with Crippen LogP contribution in [0.1, 0.15) is 60.3 Å². The van der Waals surface area contributed by atoms with Crippen molar-refractivity contribution in [3.05, 3.63) is 46.8 Å². The van der Waals surface area contributed by atoms with Crippen LogP contribution in [0.2, 0.25) is 0 Å². The number of aromatic nitrogens is 3. The number of carbonyl (C=O) groups excluding carboxylic acids is 1. The van der Waals surface area contributed by atoms with E-state index in [0.717, 1.165) is 0 Å². The summed E-state index contributed by atoms with van der Waals surface area (Å²) in [5.74, 6) is 0.259. The third-order valence-electron chi connectivity index (χ3n) is 3.30. The molecule has 5 nitrogen and oxygen atoms in total. The third-order valence-corrected chi connectivity index (χ3v) is 3.30. The molecule has 0 saturated heterocycles. The Morgan fingerprint density at radius 3 is 2.62 bits per heavy atom. The zero-order valence-corrected chi connectivity index (χ0v) is 12.6. The summed E-state index contributed by atoms with van der Waals surface area (Å²) in [7, 11) is 0.